The molecule has 0 N–H and O–H groups in total. The van der Waals surface area contributed by atoms with Crippen LogP contribution in [0.1, 0.15) is 5.82 Å². The number of piperazine rings is 1. The Kier molecular flexibility index (Phi) is 4.08. The lowest BCUT2D eigenvalue weighted by atomic mass is 10.4. The zero-order valence-electron chi connectivity index (χ0n) is 12.5. The minimum atomic E-state index is -3.55. The SMILES string of the molecule is CN1CCN(S(=O)(=O)c2ccc(-n3cnnc3C#N)nc2)CC1. The lowest BCUT2D eigenvalue weighted by molar-refractivity contribution is 0.222. The predicted molar refractivity (Wildman–Crippen MR) is 80.1 cm³/mol. The van der Waals surface area contributed by atoms with Crippen molar-refractivity contribution in [1.82, 2.24) is 29.0 Å². The van der Waals surface area contributed by atoms with E-state index in [1.165, 1.54) is 33.5 Å². The van der Waals surface area contributed by atoms with Crippen molar-refractivity contribution in [3.63, 3.8) is 0 Å². The number of aromatic nitrogens is 4. The van der Waals surface area contributed by atoms with Gasteiger partial charge in [0.1, 0.15) is 23.1 Å². The Labute approximate surface area is 133 Å². The van der Waals surface area contributed by atoms with Crippen molar-refractivity contribution in [2.45, 2.75) is 4.90 Å². The highest BCUT2D eigenvalue weighted by molar-refractivity contribution is 7.89. The molecule has 1 aliphatic rings. The van der Waals surface area contributed by atoms with E-state index >= 15 is 0 Å². The first-order valence-corrected chi connectivity index (χ1v) is 8.41. The molecule has 0 bridgehead atoms. The Morgan fingerprint density at radius 2 is 1.96 bits per heavy atom. The molecule has 2 aromatic rings. The van der Waals surface area contributed by atoms with Gasteiger partial charge in [0.2, 0.25) is 15.8 Å². The topological polar surface area (TPSA) is 108 Å². The number of sulfonamides is 1. The lowest BCUT2D eigenvalue weighted by Gasteiger charge is -2.31. The average molecular weight is 333 g/mol. The Morgan fingerprint density at radius 1 is 1.22 bits per heavy atom. The van der Waals surface area contributed by atoms with Crippen LogP contribution in [0.3, 0.4) is 0 Å². The van der Waals surface area contributed by atoms with Crippen molar-refractivity contribution in [2.24, 2.45) is 0 Å². The van der Waals surface area contributed by atoms with Gasteiger partial charge in [0.05, 0.1) is 0 Å². The summed E-state index contributed by atoms with van der Waals surface area (Å²) in [5.41, 5.74) is 0. The fraction of sp³-hybridized carbons (Fsp3) is 0.385. The number of pyridine rings is 1. The van der Waals surface area contributed by atoms with Gasteiger partial charge in [-0.25, -0.2) is 13.4 Å². The van der Waals surface area contributed by atoms with Crippen LogP contribution < -0.4 is 0 Å². The van der Waals surface area contributed by atoms with Crippen molar-refractivity contribution in [3.8, 4) is 11.9 Å². The van der Waals surface area contributed by atoms with Gasteiger partial charge in [0, 0.05) is 32.4 Å². The Balaban J connectivity index is 1.86. The molecule has 1 aliphatic heterocycles. The maximum Gasteiger partial charge on any atom is 0.244 e. The number of nitrogens with zero attached hydrogens (tertiary/aromatic N) is 7. The van der Waals surface area contributed by atoms with Gasteiger partial charge in [-0.1, -0.05) is 0 Å². The molecule has 0 amide bonds. The average Bonchev–Trinajstić information content (AvgIpc) is 3.04. The Hall–Kier alpha value is -2.35. The second-order valence-corrected chi connectivity index (χ2v) is 7.13. The minimum absolute atomic E-state index is 0.0900. The van der Waals surface area contributed by atoms with Crippen molar-refractivity contribution >= 4 is 10.0 Å². The third-order valence-electron chi connectivity index (χ3n) is 3.72. The van der Waals surface area contributed by atoms with Crippen LogP contribution in [-0.2, 0) is 10.0 Å². The van der Waals surface area contributed by atoms with Gasteiger partial charge < -0.3 is 4.90 Å². The summed E-state index contributed by atoms with van der Waals surface area (Å²) in [6.07, 6.45) is 2.65. The molecule has 3 rings (SSSR count). The third-order valence-corrected chi connectivity index (χ3v) is 5.60. The van der Waals surface area contributed by atoms with Crippen molar-refractivity contribution < 1.29 is 8.42 Å². The molecule has 1 fully saturated rings. The van der Waals surface area contributed by atoms with Crippen molar-refractivity contribution in [2.75, 3.05) is 33.2 Å². The summed E-state index contributed by atoms with van der Waals surface area (Å²) in [6, 6.07) is 4.91. The summed E-state index contributed by atoms with van der Waals surface area (Å²) < 4.78 is 28.1. The molecule has 9 nitrogen and oxygen atoms in total. The van der Waals surface area contributed by atoms with Gasteiger partial charge in [-0.3, -0.25) is 4.57 Å². The van der Waals surface area contributed by atoms with Gasteiger partial charge in [-0.05, 0) is 19.2 Å². The van der Waals surface area contributed by atoms with Crippen molar-refractivity contribution in [1.29, 1.82) is 5.26 Å². The summed E-state index contributed by atoms with van der Waals surface area (Å²) in [5, 5.41) is 16.2. The highest BCUT2D eigenvalue weighted by Gasteiger charge is 2.27. The minimum Gasteiger partial charge on any atom is -0.304 e. The van der Waals surface area contributed by atoms with Gasteiger partial charge in [-0.2, -0.15) is 9.57 Å². The lowest BCUT2D eigenvalue weighted by Crippen LogP contribution is -2.47. The summed E-state index contributed by atoms with van der Waals surface area (Å²) >= 11 is 0. The zero-order valence-corrected chi connectivity index (χ0v) is 13.3. The molecule has 0 saturated carbocycles. The van der Waals surface area contributed by atoms with Gasteiger partial charge in [-0.15, -0.1) is 10.2 Å². The first-order valence-electron chi connectivity index (χ1n) is 6.97. The predicted octanol–water partition coefficient (Wildman–Crippen LogP) is -0.530. The van der Waals surface area contributed by atoms with E-state index in [1.54, 1.807) is 0 Å². The van der Waals surface area contributed by atoms with E-state index in [0.717, 1.165) is 0 Å². The summed E-state index contributed by atoms with van der Waals surface area (Å²) in [6.45, 7) is 2.34. The fourth-order valence-electron chi connectivity index (χ4n) is 2.32. The normalized spacial score (nSPS) is 17.0. The molecule has 23 heavy (non-hydrogen) atoms. The Morgan fingerprint density at radius 3 is 2.57 bits per heavy atom. The van der Waals surface area contributed by atoms with E-state index in [4.69, 9.17) is 5.26 Å². The summed E-state index contributed by atoms with van der Waals surface area (Å²) in [5.74, 6) is 0.482. The molecule has 10 heteroatoms. The van der Waals surface area contributed by atoms with Crippen LogP contribution in [-0.4, -0.2) is 70.6 Å². The highest BCUT2D eigenvalue weighted by atomic mass is 32.2. The number of hydrogen-bond donors (Lipinski definition) is 0. The number of likely N-dealkylation sites (N-methyl/N-ethyl adjacent to an activating group) is 1. The molecule has 0 radical (unpaired) electrons. The van der Waals surface area contributed by atoms with Crippen LogP contribution in [0.4, 0.5) is 0 Å². The van der Waals surface area contributed by atoms with E-state index in [0.29, 0.717) is 32.0 Å². The van der Waals surface area contributed by atoms with Gasteiger partial charge in [0.25, 0.3) is 0 Å². The van der Waals surface area contributed by atoms with Crippen LogP contribution >= 0.6 is 0 Å². The second-order valence-electron chi connectivity index (χ2n) is 5.20. The van der Waals surface area contributed by atoms with Crippen LogP contribution in [0.25, 0.3) is 5.82 Å². The van der Waals surface area contributed by atoms with Crippen LogP contribution in [0.5, 0.6) is 0 Å². The number of hydrogen-bond acceptors (Lipinski definition) is 7. The quantitative estimate of drug-likeness (QED) is 0.743. The maximum atomic E-state index is 12.6. The fourth-order valence-corrected chi connectivity index (χ4v) is 3.69. The first-order chi connectivity index (χ1) is 11.0. The number of rotatable bonds is 3. The summed E-state index contributed by atoms with van der Waals surface area (Å²) in [4.78, 5) is 6.34. The first kappa shape index (κ1) is 15.5. The monoisotopic (exact) mass is 333 g/mol. The highest BCUT2D eigenvalue weighted by Crippen LogP contribution is 2.18. The van der Waals surface area contributed by atoms with E-state index in [1.807, 2.05) is 13.1 Å². The van der Waals surface area contributed by atoms with E-state index in [-0.39, 0.29) is 10.7 Å². The van der Waals surface area contributed by atoms with Gasteiger partial charge >= 0.3 is 0 Å². The molecule has 3 heterocycles. The molecule has 0 atom stereocenters. The standard InChI is InChI=1S/C13H15N7O2S/c1-18-4-6-19(7-5-18)23(21,22)11-2-3-12(15-9-11)20-10-16-17-13(20)8-14/h2-3,9-10H,4-7H2,1H3. The third kappa shape index (κ3) is 2.94. The Bertz CT molecular complexity index is 830. The van der Waals surface area contributed by atoms with Crippen LogP contribution in [0.2, 0.25) is 0 Å². The molecular formula is C13H15N7O2S. The zero-order chi connectivity index (χ0) is 16.4. The van der Waals surface area contributed by atoms with E-state index in [2.05, 4.69) is 20.1 Å². The smallest absolute Gasteiger partial charge is 0.244 e. The number of nitriles is 1. The maximum absolute atomic E-state index is 12.6. The molecular weight excluding hydrogens is 318 g/mol. The second kappa shape index (κ2) is 6.04. The van der Waals surface area contributed by atoms with Crippen LogP contribution in [0, 0.1) is 11.3 Å². The van der Waals surface area contributed by atoms with Crippen molar-refractivity contribution in [3.05, 3.63) is 30.5 Å². The molecule has 0 aliphatic carbocycles. The molecule has 2 aromatic heterocycles. The summed E-state index contributed by atoms with van der Waals surface area (Å²) in [7, 11) is -1.58. The molecule has 120 valence electrons. The van der Waals surface area contributed by atoms with Crippen LogP contribution in [0.15, 0.2) is 29.6 Å². The largest absolute Gasteiger partial charge is 0.304 e. The molecule has 0 spiro atoms. The van der Waals surface area contributed by atoms with E-state index in [9.17, 15) is 8.42 Å². The molecule has 0 aromatic carbocycles. The van der Waals surface area contributed by atoms with E-state index < -0.39 is 10.0 Å². The van der Waals surface area contributed by atoms with Gasteiger partial charge in [0.15, 0.2) is 0 Å². The molecule has 1 saturated heterocycles. The molecule has 0 unspecified atom stereocenters.